The molecule has 1 amide bonds. The van der Waals surface area contributed by atoms with Gasteiger partial charge in [0.25, 0.3) is 5.91 Å². The monoisotopic (exact) mass is 335 g/mol. The smallest absolute Gasteiger partial charge is 0.252 e. The SMILES string of the molecule is Cc1cn2nc(NCCNC(=O)c3ccccc3Cl)sc2n1. The summed E-state index contributed by atoms with van der Waals surface area (Å²) in [6, 6.07) is 6.97. The van der Waals surface area contributed by atoms with Crippen molar-refractivity contribution in [2.75, 3.05) is 18.4 Å². The molecule has 3 rings (SSSR count). The second kappa shape index (κ2) is 6.33. The van der Waals surface area contributed by atoms with Crippen LogP contribution in [0.25, 0.3) is 4.96 Å². The van der Waals surface area contributed by atoms with Crippen LogP contribution in [0.4, 0.5) is 5.13 Å². The van der Waals surface area contributed by atoms with Crippen LogP contribution in [0.1, 0.15) is 16.1 Å². The standard InChI is InChI=1S/C14H14ClN5OS/c1-9-8-20-14(18-9)22-13(19-20)17-7-6-16-12(21)10-4-2-3-5-11(10)15/h2-5,8H,6-7H2,1H3,(H,16,21)(H,17,19). The fraction of sp³-hybridized carbons (Fsp3) is 0.214. The molecule has 0 unspecified atom stereocenters. The molecule has 114 valence electrons. The zero-order valence-electron chi connectivity index (χ0n) is 11.8. The Morgan fingerprint density at radius 2 is 2.18 bits per heavy atom. The number of fused-ring (bicyclic) bond motifs is 1. The second-order valence-corrected chi connectivity index (χ2v) is 6.04. The van der Waals surface area contributed by atoms with Gasteiger partial charge in [-0.25, -0.2) is 9.50 Å². The fourth-order valence-corrected chi connectivity index (χ4v) is 3.04. The van der Waals surface area contributed by atoms with Gasteiger partial charge in [0, 0.05) is 13.1 Å². The first-order chi connectivity index (χ1) is 10.6. The van der Waals surface area contributed by atoms with Crippen LogP contribution < -0.4 is 10.6 Å². The molecular formula is C14H14ClN5OS. The van der Waals surface area contributed by atoms with Gasteiger partial charge in [0.15, 0.2) is 0 Å². The van der Waals surface area contributed by atoms with Gasteiger partial charge < -0.3 is 10.6 Å². The fourth-order valence-electron chi connectivity index (χ4n) is 1.97. The minimum absolute atomic E-state index is 0.183. The van der Waals surface area contributed by atoms with Crippen molar-refractivity contribution in [3.63, 3.8) is 0 Å². The highest BCUT2D eigenvalue weighted by Crippen LogP contribution is 2.18. The van der Waals surface area contributed by atoms with Gasteiger partial charge in [-0.3, -0.25) is 4.79 Å². The summed E-state index contributed by atoms with van der Waals surface area (Å²) in [5.74, 6) is -0.183. The van der Waals surface area contributed by atoms with Crippen molar-refractivity contribution in [2.24, 2.45) is 0 Å². The topological polar surface area (TPSA) is 71.3 Å². The van der Waals surface area contributed by atoms with E-state index in [0.717, 1.165) is 15.8 Å². The normalized spacial score (nSPS) is 10.8. The molecule has 0 radical (unpaired) electrons. The average molecular weight is 336 g/mol. The second-order valence-electron chi connectivity index (χ2n) is 4.68. The lowest BCUT2D eigenvalue weighted by molar-refractivity contribution is 0.0955. The minimum atomic E-state index is -0.183. The maximum absolute atomic E-state index is 12.0. The van der Waals surface area contributed by atoms with E-state index in [0.29, 0.717) is 23.7 Å². The van der Waals surface area contributed by atoms with Gasteiger partial charge in [-0.2, -0.15) is 0 Å². The van der Waals surface area contributed by atoms with Gasteiger partial charge >= 0.3 is 0 Å². The minimum Gasteiger partial charge on any atom is -0.358 e. The lowest BCUT2D eigenvalue weighted by Crippen LogP contribution is -2.28. The van der Waals surface area contributed by atoms with E-state index in [1.165, 1.54) is 11.3 Å². The highest BCUT2D eigenvalue weighted by molar-refractivity contribution is 7.20. The summed E-state index contributed by atoms with van der Waals surface area (Å²) in [4.78, 5) is 17.1. The first kappa shape index (κ1) is 14.8. The Hall–Kier alpha value is -2.12. The molecule has 22 heavy (non-hydrogen) atoms. The number of anilines is 1. The predicted octanol–water partition coefficient (Wildman–Crippen LogP) is 2.59. The molecule has 0 saturated heterocycles. The summed E-state index contributed by atoms with van der Waals surface area (Å²) in [6.07, 6.45) is 1.87. The summed E-state index contributed by atoms with van der Waals surface area (Å²) in [5, 5.41) is 11.5. The third kappa shape index (κ3) is 3.20. The molecule has 1 aromatic carbocycles. The Kier molecular flexibility index (Phi) is 4.26. The number of halogens is 1. The number of carbonyl (C=O) groups excluding carboxylic acids is 1. The van der Waals surface area contributed by atoms with Crippen LogP contribution in [-0.2, 0) is 0 Å². The molecule has 8 heteroatoms. The van der Waals surface area contributed by atoms with E-state index >= 15 is 0 Å². The van der Waals surface area contributed by atoms with Crippen molar-refractivity contribution in [3.8, 4) is 0 Å². The Balaban J connectivity index is 1.50. The molecule has 0 aliphatic rings. The van der Waals surface area contributed by atoms with E-state index in [1.807, 2.05) is 13.1 Å². The van der Waals surface area contributed by atoms with Crippen molar-refractivity contribution in [3.05, 3.63) is 46.7 Å². The molecule has 0 aliphatic heterocycles. The summed E-state index contributed by atoms with van der Waals surface area (Å²) < 4.78 is 1.74. The Labute approximate surface area is 136 Å². The third-order valence-corrected chi connectivity index (χ3v) is 4.18. The zero-order chi connectivity index (χ0) is 15.5. The number of rotatable bonds is 5. The molecule has 0 fully saturated rings. The van der Waals surface area contributed by atoms with Crippen molar-refractivity contribution >= 4 is 38.9 Å². The summed E-state index contributed by atoms with van der Waals surface area (Å²) in [5.41, 5.74) is 1.42. The molecule has 3 aromatic rings. The zero-order valence-corrected chi connectivity index (χ0v) is 13.4. The number of nitrogens with one attached hydrogen (secondary N) is 2. The van der Waals surface area contributed by atoms with E-state index in [2.05, 4.69) is 20.7 Å². The number of benzene rings is 1. The van der Waals surface area contributed by atoms with Crippen molar-refractivity contribution in [1.29, 1.82) is 0 Å². The van der Waals surface area contributed by atoms with Crippen LogP contribution in [-0.4, -0.2) is 33.6 Å². The highest BCUT2D eigenvalue weighted by Gasteiger charge is 2.09. The van der Waals surface area contributed by atoms with Gasteiger partial charge in [-0.05, 0) is 19.1 Å². The number of hydrogen-bond donors (Lipinski definition) is 2. The number of aryl methyl sites for hydroxylation is 1. The number of carbonyl (C=O) groups is 1. The van der Waals surface area contributed by atoms with Crippen LogP contribution in [0.5, 0.6) is 0 Å². The number of imidazole rings is 1. The number of aromatic nitrogens is 3. The Morgan fingerprint density at radius 1 is 1.36 bits per heavy atom. The lowest BCUT2D eigenvalue weighted by Gasteiger charge is -2.06. The molecule has 2 aromatic heterocycles. The number of hydrogen-bond acceptors (Lipinski definition) is 5. The third-order valence-electron chi connectivity index (χ3n) is 2.97. The molecule has 0 saturated carbocycles. The van der Waals surface area contributed by atoms with Crippen LogP contribution in [0.2, 0.25) is 5.02 Å². The van der Waals surface area contributed by atoms with Gasteiger partial charge in [0.05, 0.1) is 22.5 Å². The average Bonchev–Trinajstić information content (AvgIpc) is 3.00. The van der Waals surface area contributed by atoms with Crippen molar-refractivity contribution < 1.29 is 4.79 Å². The van der Waals surface area contributed by atoms with E-state index < -0.39 is 0 Å². The first-order valence-corrected chi connectivity index (χ1v) is 7.92. The first-order valence-electron chi connectivity index (χ1n) is 6.73. The van der Waals surface area contributed by atoms with Gasteiger partial charge in [-0.15, -0.1) is 5.10 Å². The van der Waals surface area contributed by atoms with Crippen molar-refractivity contribution in [1.82, 2.24) is 19.9 Å². The maximum atomic E-state index is 12.0. The van der Waals surface area contributed by atoms with Crippen LogP contribution in [0.15, 0.2) is 30.5 Å². The van der Waals surface area contributed by atoms with Gasteiger partial charge in [0.1, 0.15) is 0 Å². The van der Waals surface area contributed by atoms with Crippen LogP contribution in [0, 0.1) is 6.92 Å². The molecule has 0 bridgehead atoms. The quantitative estimate of drug-likeness (QED) is 0.703. The summed E-state index contributed by atoms with van der Waals surface area (Å²) in [6.45, 7) is 2.98. The van der Waals surface area contributed by atoms with Crippen LogP contribution >= 0.6 is 22.9 Å². The number of amides is 1. The van der Waals surface area contributed by atoms with E-state index in [-0.39, 0.29) is 5.91 Å². The molecule has 6 nitrogen and oxygen atoms in total. The summed E-state index contributed by atoms with van der Waals surface area (Å²) >= 11 is 7.45. The van der Waals surface area contributed by atoms with E-state index in [9.17, 15) is 4.79 Å². The van der Waals surface area contributed by atoms with E-state index in [1.54, 1.807) is 28.8 Å². The highest BCUT2D eigenvalue weighted by atomic mass is 35.5. The molecular weight excluding hydrogens is 322 g/mol. The van der Waals surface area contributed by atoms with E-state index in [4.69, 9.17) is 11.6 Å². The Morgan fingerprint density at radius 3 is 2.95 bits per heavy atom. The van der Waals surface area contributed by atoms with Gasteiger partial charge in [0.2, 0.25) is 10.1 Å². The molecule has 2 heterocycles. The molecule has 0 aliphatic carbocycles. The molecule has 0 atom stereocenters. The Bertz CT molecular complexity index is 781. The summed E-state index contributed by atoms with van der Waals surface area (Å²) in [7, 11) is 0. The maximum Gasteiger partial charge on any atom is 0.252 e. The van der Waals surface area contributed by atoms with Crippen LogP contribution in [0.3, 0.4) is 0 Å². The molecule has 0 spiro atoms. The predicted molar refractivity (Wildman–Crippen MR) is 87.9 cm³/mol. The van der Waals surface area contributed by atoms with Crippen molar-refractivity contribution in [2.45, 2.75) is 6.92 Å². The largest absolute Gasteiger partial charge is 0.358 e. The van der Waals surface area contributed by atoms with Gasteiger partial charge in [-0.1, -0.05) is 35.1 Å². The lowest BCUT2D eigenvalue weighted by atomic mass is 10.2. The number of nitrogens with zero attached hydrogens (tertiary/aromatic N) is 3. The molecule has 2 N–H and O–H groups in total.